The zero-order valence-electron chi connectivity index (χ0n) is 48.1. The fourth-order valence-electron chi connectivity index (χ4n) is 12.2. The maximum absolute atomic E-state index is 7.60. The average Bonchev–Trinajstić information content (AvgIpc) is 1.50. The van der Waals surface area contributed by atoms with Gasteiger partial charge >= 0.3 is 0 Å². The first-order chi connectivity index (χ1) is 42.5. The van der Waals surface area contributed by atoms with Crippen LogP contribution in [0, 0.1) is 0 Å². The van der Waals surface area contributed by atoms with Crippen molar-refractivity contribution in [1.29, 1.82) is 0 Å². The molecular formula is C70H74O16. The Labute approximate surface area is 502 Å². The summed E-state index contributed by atoms with van der Waals surface area (Å²) >= 11 is 0. The Balaban J connectivity index is 0.921. The molecule has 16 heteroatoms. The quantitative estimate of drug-likeness (QED) is 0.102. The number of benzene rings is 7. The summed E-state index contributed by atoms with van der Waals surface area (Å²) in [5, 5.41) is 0. The fourth-order valence-corrected chi connectivity index (χ4v) is 12.2. The molecule has 0 spiro atoms. The molecule has 7 aromatic carbocycles. The second-order valence-corrected chi connectivity index (χ2v) is 22.5. The van der Waals surface area contributed by atoms with Gasteiger partial charge in [0.2, 0.25) is 0 Å². The van der Waals surface area contributed by atoms with Crippen LogP contribution in [0.1, 0.15) is 56.4 Å². The van der Waals surface area contributed by atoms with Crippen LogP contribution < -0.4 is 0 Å². The smallest absolute Gasteiger partial charge is 0.187 e. The minimum atomic E-state index is -1.19. The van der Waals surface area contributed by atoms with Crippen LogP contribution in [0.3, 0.4) is 0 Å². The molecule has 6 aliphatic heterocycles. The van der Waals surface area contributed by atoms with Crippen molar-refractivity contribution in [2.45, 2.75) is 151 Å². The van der Waals surface area contributed by atoms with Gasteiger partial charge < -0.3 is 75.8 Å². The molecule has 0 radical (unpaired) electrons. The van der Waals surface area contributed by atoms with E-state index in [1.165, 1.54) is 0 Å². The summed E-state index contributed by atoms with van der Waals surface area (Å²) in [6, 6.07) is 66.2. The molecule has 86 heavy (non-hydrogen) atoms. The number of fused-ring (bicyclic) bond motifs is 13. The Kier molecular flexibility index (Phi) is 19.7. The number of methoxy groups -OCH3 is 1. The van der Waals surface area contributed by atoms with Crippen molar-refractivity contribution in [3.05, 3.63) is 250 Å². The predicted octanol–water partition coefficient (Wildman–Crippen LogP) is 10.3. The van der Waals surface area contributed by atoms with Gasteiger partial charge in [0.1, 0.15) is 73.2 Å². The van der Waals surface area contributed by atoms with Crippen LogP contribution in [0.5, 0.6) is 0 Å². The Morgan fingerprint density at radius 3 is 1.21 bits per heavy atom. The lowest BCUT2D eigenvalue weighted by atomic mass is 9.94. The molecular weight excluding hydrogens is 1100 g/mol. The second-order valence-electron chi connectivity index (χ2n) is 22.5. The van der Waals surface area contributed by atoms with Crippen molar-refractivity contribution in [3.63, 3.8) is 0 Å². The van der Waals surface area contributed by atoms with Gasteiger partial charge in [-0.15, -0.1) is 0 Å². The highest BCUT2D eigenvalue weighted by atomic mass is 16.8. The molecule has 4 fully saturated rings. The van der Waals surface area contributed by atoms with Gasteiger partial charge in [0.05, 0.1) is 72.7 Å². The third-order valence-corrected chi connectivity index (χ3v) is 16.5. The van der Waals surface area contributed by atoms with E-state index in [1.54, 1.807) is 7.11 Å². The van der Waals surface area contributed by atoms with E-state index in [4.69, 9.17) is 75.8 Å². The first-order valence-corrected chi connectivity index (χ1v) is 29.8. The van der Waals surface area contributed by atoms with Crippen molar-refractivity contribution < 1.29 is 75.8 Å². The van der Waals surface area contributed by atoms with Crippen LogP contribution in [0.15, 0.2) is 200 Å². The van der Waals surface area contributed by atoms with E-state index >= 15 is 0 Å². The zero-order valence-corrected chi connectivity index (χ0v) is 48.1. The number of ether oxygens (including phenoxy) is 16. The summed E-state index contributed by atoms with van der Waals surface area (Å²) in [4.78, 5) is 0. The Bertz CT molecular complexity index is 3170. The van der Waals surface area contributed by atoms with E-state index in [0.29, 0.717) is 0 Å². The molecule has 0 aliphatic carbocycles. The molecule has 0 aromatic heterocycles. The lowest BCUT2D eigenvalue weighted by Crippen LogP contribution is -2.68. The van der Waals surface area contributed by atoms with Crippen molar-refractivity contribution in [2.24, 2.45) is 0 Å². The van der Waals surface area contributed by atoms with E-state index in [9.17, 15) is 0 Å². The first kappa shape index (κ1) is 58.9. The zero-order chi connectivity index (χ0) is 57.9. The third-order valence-electron chi connectivity index (χ3n) is 16.5. The van der Waals surface area contributed by atoms with E-state index in [2.05, 4.69) is 12.1 Å². The van der Waals surface area contributed by atoms with E-state index in [1.807, 2.05) is 188 Å². The molecule has 16 unspecified atom stereocenters. The summed E-state index contributed by atoms with van der Waals surface area (Å²) in [5.41, 5.74) is 8.39. The normalized spacial score (nSPS) is 31.4. The Morgan fingerprint density at radius 1 is 0.337 bits per heavy atom. The number of rotatable bonds is 14. The van der Waals surface area contributed by atoms with Gasteiger partial charge in [-0.2, -0.15) is 0 Å². The minimum Gasteiger partial charge on any atom is -0.374 e. The second kappa shape index (κ2) is 28.8. The highest BCUT2D eigenvalue weighted by Crippen LogP contribution is 2.42. The molecule has 4 saturated heterocycles. The van der Waals surface area contributed by atoms with Crippen LogP contribution in [0.4, 0.5) is 0 Å². The molecule has 6 aliphatic rings. The summed E-state index contributed by atoms with van der Waals surface area (Å²) in [5.74, 6) is 0. The number of hydrogen-bond donors (Lipinski definition) is 0. The van der Waals surface area contributed by atoms with Crippen LogP contribution in [0.25, 0.3) is 0 Å². The van der Waals surface area contributed by atoms with Crippen LogP contribution in [0.2, 0.25) is 0 Å². The van der Waals surface area contributed by atoms with E-state index in [-0.39, 0.29) is 72.7 Å². The molecule has 450 valence electrons. The molecule has 6 heterocycles. The molecule has 0 saturated carbocycles. The lowest BCUT2D eigenvalue weighted by Gasteiger charge is -2.52. The van der Waals surface area contributed by atoms with Gasteiger partial charge in [-0.1, -0.05) is 200 Å². The van der Waals surface area contributed by atoms with Crippen LogP contribution in [-0.4, -0.2) is 119 Å². The van der Waals surface area contributed by atoms with Gasteiger partial charge in [-0.05, 0) is 44.5 Å². The molecule has 0 N–H and O–H groups in total. The maximum Gasteiger partial charge on any atom is 0.187 e. The van der Waals surface area contributed by atoms with Gasteiger partial charge in [-0.3, -0.25) is 0 Å². The van der Waals surface area contributed by atoms with Crippen LogP contribution >= 0.6 is 0 Å². The monoisotopic (exact) mass is 1170 g/mol. The van der Waals surface area contributed by atoms with Crippen molar-refractivity contribution in [2.75, 3.05) is 26.9 Å². The van der Waals surface area contributed by atoms with Gasteiger partial charge in [0, 0.05) is 12.7 Å². The first-order valence-electron chi connectivity index (χ1n) is 29.8. The topological polar surface area (TPSA) is 148 Å². The fraction of sp³-hybridized carbons (Fsp3) is 0.400. The Morgan fingerprint density at radius 2 is 0.733 bits per heavy atom. The standard InChI is InChI=1S/C70H74O16/c1-71-68-64(77-38-47-21-9-3-10-22-47)61(74-37-46-19-7-2-8-20-46)58-55(81-68)43-72-35-50-27-17-29-52(33-50)41-75-62-59-56(82-69(85-58)65(62)78-39-48-23-11-4-12-24-48)44-73-36-51-28-18-30-53(34-51)42-76-63-60-57(45-80-67(84-60)54-31-15-6-16-32-54)83-70(86-59)66(63)79-40-49-25-13-5-14-26-49/h2-34,55-70H,35-45H2,1H3. The molecule has 16 nitrogen and oxygen atoms in total. The number of hydrogen-bond acceptors (Lipinski definition) is 16. The van der Waals surface area contributed by atoms with Crippen molar-refractivity contribution in [1.82, 2.24) is 0 Å². The largest absolute Gasteiger partial charge is 0.374 e. The molecule has 7 aromatic rings. The summed E-state index contributed by atoms with van der Waals surface area (Å²) < 4.78 is 113. The average molecular weight is 1170 g/mol. The van der Waals surface area contributed by atoms with E-state index < -0.39 is 98.4 Å². The van der Waals surface area contributed by atoms with Crippen molar-refractivity contribution in [3.8, 4) is 0 Å². The SMILES string of the molecule is COC1OC2COCc3cccc(c3)COC3C4OC5OC6COC(c7ccccc7)OC6C(OCc6cccc(c6)COCC4OC(OC2C(OCc2ccccc2)C1OCc1ccccc1)C3OCc1ccccc1)C5OCc1ccccc1. The summed E-state index contributed by atoms with van der Waals surface area (Å²) in [6.45, 7) is 2.05. The maximum atomic E-state index is 7.60. The Hall–Kier alpha value is -6.10. The van der Waals surface area contributed by atoms with E-state index in [0.717, 1.165) is 50.1 Å². The molecule has 0 amide bonds. The highest BCUT2D eigenvalue weighted by Gasteiger charge is 2.58. The molecule has 13 rings (SSSR count). The van der Waals surface area contributed by atoms with Crippen molar-refractivity contribution >= 4 is 0 Å². The minimum absolute atomic E-state index is 0.0327. The predicted molar refractivity (Wildman–Crippen MR) is 312 cm³/mol. The summed E-state index contributed by atoms with van der Waals surface area (Å²) in [7, 11) is 1.61. The molecule has 16 atom stereocenters. The third kappa shape index (κ3) is 14.4. The lowest BCUT2D eigenvalue weighted by molar-refractivity contribution is -0.405. The molecule has 8 bridgehead atoms. The van der Waals surface area contributed by atoms with Gasteiger partial charge in [-0.25, -0.2) is 0 Å². The van der Waals surface area contributed by atoms with Gasteiger partial charge in [0.15, 0.2) is 25.2 Å². The van der Waals surface area contributed by atoms with Crippen LogP contribution in [-0.2, 0) is 129 Å². The summed E-state index contributed by atoms with van der Waals surface area (Å²) in [6.07, 6.45) is -13.9. The van der Waals surface area contributed by atoms with Gasteiger partial charge in [0.25, 0.3) is 0 Å². The highest BCUT2D eigenvalue weighted by molar-refractivity contribution is 5.25.